The quantitative estimate of drug-likeness (QED) is 0.628. The SMILES string of the molecule is COc1ccc(CNc2ccc(Br)c(C)c2)c(OC)c1.O=C(O)C(=O)O. The smallest absolute Gasteiger partial charge is 0.414 e. The van der Waals surface area contributed by atoms with Crippen molar-refractivity contribution in [2.45, 2.75) is 13.5 Å². The van der Waals surface area contributed by atoms with Crippen LogP contribution in [0.1, 0.15) is 11.1 Å². The van der Waals surface area contributed by atoms with E-state index in [2.05, 4.69) is 34.2 Å². The van der Waals surface area contributed by atoms with Gasteiger partial charge in [-0.25, -0.2) is 9.59 Å². The topological polar surface area (TPSA) is 105 Å². The highest BCUT2D eigenvalue weighted by Crippen LogP contribution is 2.26. The fraction of sp³-hybridized carbons (Fsp3) is 0.222. The number of hydrogen-bond donors (Lipinski definition) is 3. The number of methoxy groups -OCH3 is 2. The minimum absolute atomic E-state index is 0.703. The van der Waals surface area contributed by atoms with E-state index in [0.717, 1.165) is 27.2 Å². The number of benzene rings is 2. The number of anilines is 1. The maximum atomic E-state index is 9.10. The standard InChI is InChI=1S/C16H18BrNO2.C2H2O4/c1-11-8-13(5-7-15(11)17)18-10-12-4-6-14(19-2)9-16(12)20-3;3-1(4)2(5)6/h4-9,18H,10H2,1-3H3;(H,3,4)(H,5,6). The van der Waals surface area contributed by atoms with Crippen LogP contribution in [0.25, 0.3) is 0 Å². The molecule has 8 heteroatoms. The molecule has 2 rings (SSSR count). The van der Waals surface area contributed by atoms with E-state index in [1.807, 2.05) is 30.3 Å². The van der Waals surface area contributed by atoms with Crippen molar-refractivity contribution in [2.75, 3.05) is 19.5 Å². The van der Waals surface area contributed by atoms with E-state index >= 15 is 0 Å². The second kappa shape index (κ2) is 10.3. The fourth-order valence-corrected chi connectivity index (χ4v) is 2.20. The van der Waals surface area contributed by atoms with E-state index in [4.69, 9.17) is 29.3 Å². The lowest BCUT2D eigenvalue weighted by atomic mass is 10.1. The van der Waals surface area contributed by atoms with Gasteiger partial charge in [-0.3, -0.25) is 0 Å². The summed E-state index contributed by atoms with van der Waals surface area (Å²) < 4.78 is 11.7. The van der Waals surface area contributed by atoms with Crippen LogP contribution in [0.5, 0.6) is 11.5 Å². The molecule has 2 aromatic carbocycles. The van der Waals surface area contributed by atoms with Crippen LogP contribution in [0, 0.1) is 6.92 Å². The number of nitrogens with one attached hydrogen (secondary N) is 1. The zero-order valence-electron chi connectivity index (χ0n) is 14.6. The number of ether oxygens (including phenoxy) is 2. The summed E-state index contributed by atoms with van der Waals surface area (Å²) in [5.41, 5.74) is 3.38. The first-order chi connectivity index (χ1) is 12.3. The Morgan fingerprint density at radius 1 is 1.04 bits per heavy atom. The summed E-state index contributed by atoms with van der Waals surface area (Å²) in [5.74, 6) is -2.03. The largest absolute Gasteiger partial charge is 0.497 e. The number of hydrogen-bond acceptors (Lipinski definition) is 5. The highest BCUT2D eigenvalue weighted by atomic mass is 79.9. The van der Waals surface area contributed by atoms with E-state index in [1.54, 1.807) is 14.2 Å². The average molecular weight is 426 g/mol. The lowest BCUT2D eigenvalue weighted by Crippen LogP contribution is -2.09. The van der Waals surface area contributed by atoms with E-state index in [0.29, 0.717) is 6.54 Å². The van der Waals surface area contributed by atoms with Crippen LogP contribution in [0.3, 0.4) is 0 Å². The van der Waals surface area contributed by atoms with Gasteiger partial charge in [-0.1, -0.05) is 15.9 Å². The zero-order valence-corrected chi connectivity index (χ0v) is 16.2. The Kier molecular flexibility index (Phi) is 8.44. The van der Waals surface area contributed by atoms with Gasteiger partial charge in [0.05, 0.1) is 14.2 Å². The molecule has 0 aliphatic rings. The van der Waals surface area contributed by atoms with Gasteiger partial charge in [-0.15, -0.1) is 0 Å². The lowest BCUT2D eigenvalue weighted by Gasteiger charge is -2.12. The molecule has 0 fully saturated rings. The van der Waals surface area contributed by atoms with Gasteiger partial charge in [-0.2, -0.15) is 0 Å². The minimum atomic E-state index is -1.82. The summed E-state index contributed by atoms with van der Waals surface area (Å²) in [5, 5.41) is 18.2. The molecule has 140 valence electrons. The highest BCUT2D eigenvalue weighted by molar-refractivity contribution is 9.10. The Balaban J connectivity index is 0.000000487. The minimum Gasteiger partial charge on any atom is -0.497 e. The third kappa shape index (κ3) is 6.64. The van der Waals surface area contributed by atoms with E-state index < -0.39 is 11.9 Å². The maximum Gasteiger partial charge on any atom is 0.414 e. The van der Waals surface area contributed by atoms with E-state index in [1.165, 1.54) is 5.56 Å². The van der Waals surface area contributed by atoms with Crippen LogP contribution in [0.4, 0.5) is 5.69 Å². The van der Waals surface area contributed by atoms with Crippen LogP contribution in [0.2, 0.25) is 0 Å². The molecule has 0 bridgehead atoms. The molecule has 0 saturated heterocycles. The van der Waals surface area contributed by atoms with Gasteiger partial charge >= 0.3 is 11.9 Å². The van der Waals surface area contributed by atoms with Gasteiger partial charge in [0.25, 0.3) is 0 Å². The van der Waals surface area contributed by atoms with Crippen molar-refractivity contribution in [1.82, 2.24) is 0 Å². The van der Waals surface area contributed by atoms with Gasteiger partial charge in [0, 0.05) is 28.3 Å². The molecule has 2 aromatic rings. The van der Waals surface area contributed by atoms with Gasteiger partial charge in [0.2, 0.25) is 0 Å². The number of carboxylic acids is 2. The molecule has 26 heavy (non-hydrogen) atoms. The molecule has 7 nitrogen and oxygen atoms in total. The summed E-state index contributed by atoms with van der Waals surface area (Å²) in [6, 6.07) is 12.0. The monoisotopic (exact) mass is 425 g/mol. The van der Waals surface area contributed by atoms with Crippen molar-refractivity contribution in [3.63, 3.8) is 0 Å². The first-order valence-corrected chi connectivity index (χ1v) is 8.25. The van der Waals surface area contributed by atoms with E-state index in [-0.39, 0.29) is 0 Å². The molecule has 0 saturated carbocycles. The number of aliphatic carboxylic acids is 2. The maximum absolute atomic E-state index is 9.10. The predicted molar refractivity (Wildman–Crippen MR) is 101 cm³/mol. The van der Waals surface area contributed by atoms with Crippen LogP contribution >= 0.6 is 15.9 Å². The molecule has 3 N–H and O–H groups in total. The highest BCUT2D eigenvalue weighted by Gasteiger charge is 2.05. The Morgan fingerprint density at radius 2 is 1.69 bits per heavy atom. The average Bonchev–Trinajstić information content (AvgIpc) is 2.63. The third-order valence-electron chi connectivity index (χ3n) is 3.32. The van der Waals surface area contributed by atoms with Crippen molar-refractivity contribution in [2.24, 2.45) is 0 Å². The van der Waals surface area contributed by atoms with Crippen LogP contribution in [-0.2, 0) is 16.1 Å². The van der Waals surface area contributed by atoms with Gasteiger partial charge in [0.15, 0.2) is 0 Å². The summed E-state index contributed by atoms with van der Waals surface area (Å²) in [7, 11) is 3.32. The first kappa shape index (κ1) is 21.3. The first-order valence-electron chi connectivity index (χ1n) is 7.45. The molecule has 0 aromatic heterocycles. The molecule has 0 unspecified atom stereocenters. The summed E-state index contributed by atoms with van der Waals surface area (Å²) >= 11 is 3.50. The normalized spacial score (nSPS) is 9.54. The van der Waals surface area contributed by atoms with Crippen molar-refractivity contribution < 1.29 is 29.3 Å². The van der Waals surface area contributed by atoms with Crippen LogP contribution < -0.4 is 14.8 Å². The lowest BCUT2D eigenvalue weighted by molar-refractivity contribution is -0.159. The number of halogens is 1. The zero-order chi connectivity index (χ0) is 19.7. The number of carboxylic acid groups (broad SMARTS) is 2. The van der Waals surface area contributed by atoms with Crippen molar-refractivity contribution >= 4 is 33.6 Å². The molecule has 0 heterocycles. The second-order valence-electron chi connectivity index (χ2n) is 5.11. The number of aryl methyl sites for hydroxylation is 1. The Morgan fingerprint density at radius 3 is 2.19 bits per heavy atom. The molecular formula is C18H20BrNO6. The number of carbonyl (C=O) groups is 2. The third-order valence-corrected chi connectivity index (χ3v) is 4.21. The van der Waals surface area contributed by atoms with Gasteiger partial charge < -0.3 is 25.0 Å². The Bertz CT molecular complexity index is 766. The van der Waals surface area contributed by atoms with Gasteiger partial charge in [-0.05, 0) is 42.8 Å². The van der Waals surface area contributed by atoms with Crippen molar-refractivity contribution in [1.29, 1.82) is 0 Å². The predicted octanol–water partition coefficient (Wildman–Crippen LogP) is 3.54. The summed E-state index contributed by atoms with van der Waals surface area (Å²) in [4.78, 5) is 18.2. The van der Waals surface area contributed by atoms with Gasteiger partial charge in [0.1, 0.15) is 11.5 Å². The second-order valence-corrected chi connectivity index (χ2v) is 5.96. The Labute approximate surface area is 159 Å². The van der Waals surface area contributed by atoms with E-state index in [9.17, 15) is 0 Å². The molecule has 0 radical (unpaired) electrons. The molecule has 0 amide bonds. The summed E-state index contributed by atoms with van der Waals surface area (Å²) in [6.45, 7) is 2.78. The molecule has 0 spiro atoms. The van der Waals surface area contributed by atoms with Crippen LogP contribution in [-0.4, -0.2) is 36.4 Å². The van der Waals surface area contributed by atoms with Crippen molar-refractivity contribution in [3.05, 3.63) is 52.0 Å². The van der Waals surface area contributed by atoms with Crippen molar-refractivity contribution in [3.8, 4) is 11.5 Å². The fourth-order valence-electron chi connectivity index (χ4n) is 1.95. The number of rotatable bonds is 5. The Hall–Kier alpha value is -2.74. The molecular weight excluding hydrogens is 406 g/mol. The molecule has 0 aliphatic carbocycles. The molecule has 0 aliphatic heterocycles. The van der Waals surface area contributed by atoms with Crippen LogP contribution in [0.15, 0.2) is 40.9 Å². The molecule has 0 atom stereocenters. The summed E-state index contributed by atoms with van der Waals surface area (Å²) in [6.07, 6.45) is 0.